The Hall–Kier alpha value is -3.50. The van der Waals surface area contributed by atoms with E-state index in [2.05, 4.69) is 20.4 Å². The minimum atomic E-state index is -0.434. The van der Waals surface area contributed by atoms with Gasteiger partial charge in [0.2, 0.25) is 0 Å². The number of aromatic nitrogens is 4. The van der Waals surface area contributed by atoms with E-state index in [1.165, 1.54) is 6.07 Å². The average molecular weight is 420 g/mol. The van der Waals surface area contributed by atoms with E-state index >= 15 is 4.39 Å². The van der Waals surface area contributed by atoms with Crippen molar-refractivity contribution < 1.29 is 9.13 Å². The molecule has 0 bridgehead atoms. The molecule has 5 rings (SSSR count). The standard InChI is InChI=1S/C22H15ClFN5O/c23-15-7-12(11-25)8-16(10-15)30-21-17(13-1-2-13)4-3-14(20(21)24)9-19-18-5-6-26-28-22(18)29-27-19/h3-8,10,13H,1-2,9H2,(H,27,28,29). The van der Waals surface area contributed by atoms with Gasteiger partial charge in [-0.25, -0.2) is 4.39 Å². The molecule has 1 aliphatic rings. The summed E-state index contributed by atoms with van der Waals surface area (Å²) in [5, 5.41) is 25.2. The minimum absolute atomic E-state index is 0.181. The van der Waals surface area contributed by atoms with Gasteiger partial charge in [-0.2, -0.15) is 15.5 Å². The van der Waals surface area contributed by atoms with Crippen LogP contribution in [0.1, 0.15) is 41.1 Å². The van der Waals surface area contributed by atoms with Crippen LogP contribution in [0.3, 0.4) is 0 Å². The molecule has 8 heteroatoms. The molecule has 0 aliphatic heterocycles. The van der Waals surface area contributed by atoms with Crippen LogP contribution >= 0.6 is 11.6 Å². The van der Waals surface area contributed by atoms with Crippen LogP contribution in [-0.2, 0) is 6.42 Å². The monoisotopic (exact) mass is 419 g/mol. The zero-order valence-corrected chi connectivity index (χ0v) is 16.4. The highest BCUT2D eigenvalue weighted by Gasteiger charge is 2.30. The number of nitrogens with zero attached hydrogens (tertiary/aromatic N) is 4. The van der Waals surface area contributed by atoms with Gasteiger partial charge in [-0.1, -0.05) is 23.7 Å². The Labute approximate surface area is 176 Å². The maximum Gasteiger partial charge on any atom is 0.178 e. The van der Waals surface area contributed by atoms with Crippen molar-refractivity contribution in [3.05, 3.63) is 75.8 Å². The molecule has 2 aromatic heterocycles. The van der Waals surface area contributed by atoms with Gasteiger partial charge in [-0.05, 0) is 48.6 Å². The first-order valence-corrected chi connectivity index (χ1v) is 9.84. The van der Waals surface area contributed by atoms with E-state index in [1.54, 1.807) is 30.5 Å². The van der Waals surface area contributed by atoms with Crippen molar-refractivity contribution in [2.75, 3.05) is 0 Å². The predicted octanol–water partition coefficient (Wildman–Crippen LogP) is 5.28. The van der Waals surface area contributed by atoms with Crippen molar-refractivity contribution in [3.8, 4) is 17.6 Å². The summed E-state index contributed by atoms with van der Waals surface area (Å²) in [5.41, 5.74) is 2.88. The fraction of sp³-hybridized carbons (Fsp3) is 0.182. The normalized spacial score (nSPS) is 13.4. The van der Waals surface area contributed by atoms with Gasteiger partial charge in [0, 0.05) is 22.4 Å². The zero-order valence-electron chi connectivity index (χ0n) is 15.7. The number of hydrogen-bond acceptors (Lipinski definition) is 5. The van der Waals surface area contributed by atoms with E-state index in [0.29, 0.717) is 33.2 Å². The Morgan fingerprint density at radius 2 is 2.10 bits per heavy atom. The molecular formula is C22H15ClFN5O. The van der Waals surface area contributed by atoms with Crippen molar-refractivity contribution >= 4 is 22.6 Å². The molecule has 4 aromatic rings. The summed E-state index contributed by atoms with van der Waals surface area (Å²) in [7, 11) is 0. The van der Waals surface area contributed by atoms with Crippen molar-refractivity contribution in [1.29, 1.82) is 5.26 Å². The Kier molecular flexibility index (Phi) is 4.57. The molecule has 1 aliphatic carbocycles. The van der Waals surface area contributed by atoms with Crippen LogP contribution < -0.4 is 4.74 Å². The highest BCUT2D eigenvalue weighted by molar-refractivity contribution is 6.30. The first-order valence-electron chi connectivity index (χ1n) is 9.47. The second-order valence-electron chi connectivity index (χ2n) is 7.26. The molecule has 2 aromatic carbocycles. The van der Waals surface area contributed by atoms with Crippen LogP contribution in [0.15, 0.2) is 42.6 Å². The summed E-state index contributed by atoms with van der Waals surface area (Å²) in [4.78, 5) is 0. The molecular weight excluding hydrogens is 405 g/mol. The van der Waals surface area contributed by atoms with E-state index in [4.69, 9.17) is 16.3 Å². The van der Waals surface area contributed by atoms with E-state index in [9.17, 15) is 5.26 Å². The number of ether oxygens (including phenoxy) is 1. The molecule has 0 spiro atoms. The lowest BCUT2D eigenvalue weighted by atomic mass is 10.0. The lowest BCUT2D eigenvalue weighted by Crippen LogP contribution is -2.01. The SMILES string of the molecule is N#Cc1cc(Cl)cc(Oc2c(C3CC3)ccc(Cc3n[nH]c4nnccc34)c2F)c1. The average Bonchev–Trinajstić information content (AvgIpc) is 3.51. The van der Waals surface area contributed by atoms with E-state index in [0.717, 1.165) is 23.8 Å². The van der Waals surface area contributed by atoms with Crippen molar-refractivity contribution in [2.24, 2.45) is 0 Å². The number of halogens is 2. The summed E-state index contributed by atoms with van der Waals surface area (Å²) in [6.07, 6.45) is 3.85. The molecule has 0 atom stereocenters. The highest BCUT2D eigenvalue weighted by Crippen LogP contribution is 2.47. The van der Waals surface area contributed by atoms with E-state index < -0.39 is 5.82 Å². The number of nitrogens with one attached hydrogen (secondary N) is 1. The van der Waals surface area contributed by atoms with Crippen LogP contribution in [0.5, 0.6) is 11.5 Å². The summed E-state index contributed by atoms with van der Waals surface area (Å²) in [5.74, 6) is 0.356. The molecule has 148 valence electrons. The molecule has 0 unspecified atom stereocenters. The Morgan fingerprint density at radius 3 is 2.90 bits per heavy atom. The predicted molar refractivity (Wildman–Crippen MR) is 109 cm³/mol. The summed E-state index contributed by atoms with van der Waals surface area (Å²) >= 11 is 6.08. The largest absolute Gasteiger partial charge is 0.454 e. The minimum Gasteiger partial charge on any atom is -0.454 e. The number of fused-ring (bicyclic) bond motifs is 1. The van der Waals surface area contributed by atoms with Gasteiger partial charge in [-0.15, -0.1) is 5.10 Å². The molecule has 0 saturated heterocycles. The highest BCUT2D eigenvalue weighted by atomic mass is 35.5. The van der Waals surface area contributed by atoms with E-state index in [1.807, 2.05) is 12.1 Å². The first-order chi connectivity index (χ1) is 14.6. The lowest BCUT2D eigenvalue weighted by molar-refractivity contribution is 0.433. The molecule has 1 fully saturated rings. The maximum absolute atomic E-state index is 15.6. The third-order valence-electron chi connectivity index (χ3n) is 5.13. The summed E-state index contributed by atoms with van der Waals surface area (Å²) in [6, 6.07) is 12.2. The lowest BCUT2D eigenvalue weighted by Gasteiger charge is -2.15. The van der Waals surface area contributed by atoms with Crippen LogP contribution in [-0.4, -0.2) is 20.4 Å². The van der Waals surface area contributed by atoms with Gasteiger partial charge in [0.1, 0.15) is 5.75 Å². The quantitative estimate of drug-likeness (QED) is 0.475. The third kappa shape index (κ3) is 3.46. The molecule has 30 heavy (non-hydrogen) atoms. The fourth-order valence-corrected chi connectivity index (χ4v) is 3.74. The number of aromatic amines is 1. The smallest absolute Gasteiger partial charge is 0.178 e. The van der Waals surface area contributed by atoms with Crippen LogP contribution in [0.4, 0.5) is 4.39 Å². The Balaban J connectivity index is 1.55. The van der Waals surface area contributed by atoms with Crippen molar-refractivity contribution in [1.82, 2.24) is 20.4 Å². The number of H-pyrrole nitrogens is 1. The maximum atomic E-state index is 15.6. The van der Waals surface area contributed by atoms with Gasteiger partial charge in [-0.3, -0.25) is 5.10 Å². The molecule has 6 nitrogen and oxygen atoms in total. The van der Waals surface area contributed by atoms with Crippen molar-refractivity contribution in [2.45, 2.75) is 25.2 Å². The fourth-order valence-electron chi connectivity index (χ4n) is 3.51. The van der Waals surface area contributed by atoms with Gasteiger partial charge in [0.15, 0.2) is 17.2 Å². The number of nitriles is 1. The zero-order chi connectivity index (χ0) is 20.7. The Morgan fingerprint density at radius 1 is 1.23 bits per heavy atom. The van der Waals surface area contributed by atoms with Gasteiger partial charge < -0.3 is 4.74 Å². The molecule has 1 saturated carbocycles. The summed E-state index contributed by atoms with van der Waals surface area (Å²) in [6.45, 7) is 0. The van der Waals surface area contributed by atoms with Crippen LogP contribution in [0.2, 0.25) is 5.02 Å². The number of benzene rings is 2. The molecule has 0 amide bonds. The van der Waals surface area contributed by atoms with Crippen LogP contribution in [0, 0.1) is 17.1 Å². The number of hydrogen-bond donors (Lipinski definition) is 1. The van der Waals surface area contributed by atoms with E-state index in [-0.39, 0.29) is 18.1 Å². The Bertz CT molecular complexity index is 1310. The molecule has 1 N–H and O–H groups in total. The van der Waals surface area contributed by atoms with Gasteiger partial charge in [0.05, 0.1) is 23.5 Å². The topological polar surface area (TPSA) is 87.5 Å². The first kappa shape index (κ1) is 18.5. The second-order valence-corrected chi connectivity index (χ2v) is 7.70. The molecule has 0 radical (unpaired) electrons. The van der Waals surface area contributed by atoms with Gasteiger partial charge >= 0.3 is 0 Å². The second kappa shape index (κ2) is 7.39. The third-order valence-corrected chi connectivity index (χ3v) is 5.35. The number of rotatable bonds is 5. The van der Waals surface area contributed by atoms with Crippen LogP contribution in [0.25, 0.3) is 11.0 Å². The van der Waals surface area contributed by atoms with Crippen molar-refractivity contribution in [3.63, 3.8) is 0 Å². The molecule has 2 heterocycles. The summed E-state index contributed by atoms with van der Waals surface area (Å²) < 4.78 is 21.5. The van der Waals surface area contributed by atoms with Gasteiger partial charge in [0.25, 0.3) is 0 Å².